The third kappa shape index (κ3) is 5.16. The van der Waals surface area contributed by atoms with Crippen molar-refractivity contribution in [1.82, 2.24) is 9.88 Å². The van der Waals surface area contributed by atoms with Gasteiger partial charge in [-0.2, -0.15) is 18.4 Å². The van der Waals surface area contributed by atoms with Crippen LogP contribution in [-0.4, -0.2) is 40.5 Å². The lowest BCUT2D eigenvalue weighted by Crippen LogP contribution is -2.49. The Kier molecular flexibility index (Phi) is 6.48. The summed E-state index contributed by atoms with van der Waals surface area (Å²) < 4.78 is 60.5. The largest absolute Gasteiger partial charge is 0.474 e. The zero-order valence-electron chi connectivity index (χ0n) is 19.7. The van der Waals surface area contributed by atoms with Gasteiger partial charge in [-0.1, -0.05) is 24.3 Å². The molecule has 38 heavy (non-hydrogen) atoms. The zero-order valence-corrected chi connectivity index (χ0v) is 19.7. The first kappa shape index (κ1) is 25.2. The molecule has 3 aromatic rings. The second-order valence-electron chi connectivity index (χ2n) is 9.10. The van der Waals surface area contributed by atoms with Crippen LogP contribution in [0.3, 0.4) is 0 Å². The van der Waals surface area contributed by atoms with Crippen molar-refractivity contribution in [3.63, 3.8) is 0 Å². The van der Waals surface area contributed by atoms with E-state index in [9.17, 15) is 27.2 Å². The molecule has 2 aliphatic rings. The van der Waals surface area contributed by atoms with Crippen molar-refractivity contribution in [3.05, 3.63) is 88.9 Å². The molecule has 0 spiro atoms. The number of amides is 2. The molecule has 1 aliphatic carbocycles. The van der Waals surface area contributed by atoms with Gasteiger partial charge < -0.3 is 15.0 Å². The molecule has 1 unspecified atom stereocenters. The number of rotatable bonds is 6. The number of benzene rings is 2. The Morgan fingerprint density at radius 3 is 2.58 bits per heavy atom. The van der Waals surface area contributed by atoms with Gasteiger partial charge in [-0.15, -0.1) is 0 Å². The Bertz CT molecular complexity index is 1430. The van der Waals surface area contributed by atoms with Gasteiger partial charge in [0, 0.05) is 23.5 Å². The first-order chi connectivity index (χ1) is 18.1. The highest BCUT2D eigenvalue weighted by Crippen LogP contribution is 2.44. The van der Waals surface area contributed by atoms with Crippen molar-refractivity contribution < 1.29 is 31.9 Å². The predicted molar refractivity (Wildman–Crippen MR) is 127 cm³/mol. The summed E-state index contributed by atoms with van der Waals surface area (Å²) >= 11 is 0. The van der Waals surface area contributed by atoms with Gasteiger partial charge >= 0.3 is 6.18 Å². The second-order valence-corrected chi connectivity index (χ2v) is 9.10. The van der Waals surface area contributed by atoms with E-state index in [1.807, 2.05) is 0 Å². The van der Waals surface area contributed by atoms with Crippen LogP contribution in [0.1, 0.15) is 51.8 Å². The maximum absolute atomic E-state index is 13.8. The smallest absolute Gasteiger partial charge is 0.406 e. The number of nitriles is 1. The van der Waals surface area contributed by atoms with Crippen LogP contribution in [0, 0.1) is 17.1 Å². The number of ether oxygens (including phenoxy) is 1. The minimum absolute atomic E-state index is 0.0355. The maximum atomic E-state index is 13.8. The van der Waals surface area contributed by atoms with Gasteiger partial charge in [0.15, 0.2) is 0 Å². The van der Waals surface area contributed by atoms with Crippen molar-refractivity contribution in [2.75, 3.05) is 11.9 Å². The fourth-order valence-electron chi connectivity index (χ4n) is 4.52. The number of carbonyl (C=O) groups is 2. The summed E-state index contributed by atoms with van der Waals surface area (Å²) in [6, 6.07) is 12.6. The van der Waals surface area contributed by atoms with Gasteiger partial charge in [0.1, 0.15) is 24.5 Å². The number of carbonyl (C=O) groups excluding carboxylic acids is 2. The highest BCUT2D eigenvalue weighted by atomic mass is 19.4. The van der Waals surface area contributed by atoms with Gasteiger partial charge in [0.2, 0.25) is 11.8 Å². The third-order valence-electron chi connectivity index (χ3n) is 6.34. The minimum Gasteiger partial charge on any atom is -0.474 e. The Morgan fingerprint density at radius 1 is 1.16 bits per heavy atom. The van der Waals surface area contributed by atoms with Crippen molar-refractivity contribution in [1.29, 1.82) is 5.26 Å². The average molecular weight is 524 g/mol. The van der Waals surface area contributed by atoms with E-state index in [4.69, 9.17) is 10.00 Å². The summed E-state index contributed by atoms with van der Waals surface area (Å²) in [6.07, 6.45) is -1.63. The molecular formula is C27H20F4N4O3. The predicted octanol–water partition coefficient (Wildman–Crippen LogP) is 5.12. The lowest BCUT2D eigenvalue weighted by Gasteiger charge is -2.41. The molecule has 2 aromatic carbocycles. The number of nitrogens with one attached hydrogen (secondary N) is 1. The molecule has 0 saturated heterocycles. The quantitative estimate of drug-likeness (QED) is 0.452. The molecule has 1 fully saturated rings. The average Bonchev–Trinajstić information content (AvgIpc) is 3.70. The molecule has 2 atom stereocenters. The van der Waals surface area contributed by atoms with Crippen molar-refractivity contribution >= 4 is 17.5 Å². The Morgan fingerprint density at radius 2 is 1.92 bits per heavy atom. The Balaban J connectivity index is 1.59. The van der Waals surface area contributed by atoms with E-state index < -0.39 is 42.3 Å². The van der Waals surface area contributed by atoms with Crippen LogP contribution in [0.25, 0.3) is 0 Å². The molecule has 1 aromatic heterocycles. The number of pyridine rings is 1. The normalized spacial score (nSPS) is 18.9. The molecule has 2 heterocycles. The Hall–Kier alpha value is -4.46. The number of fused-ring (bicyclic) bond motifs is 1. The molecule has 2 amide bonds. The standard InChI is InChI=1S/C27H20F4N4O3/c28-21-9-6-17(11-16(21)12-32)34-25(36)23-19-3-1-2-4-20(19)26(37)35(14-27(29,30)31)24(23)15-5-10-22(33-13-15)38-18-7-8-18/h1-6,9-11,13,18,23-24H,7-8,14H2,(H,34,36)/t23-,24?/m0/s1. The van der Waals surface area contributed by atoms with Gasteiger partial charge in [-0.25, -0.2) is 9.37 Å². The molecule has 1 aliphatic heterocycles. The van der Waals surface area contributed by atoms with Crippen LogP contribution in [-0.2, 0) is 4.79 Å². The van der Waals surface area contributed by atoms with E-state index in [1.54, 1.807) is 12.1 Å². The minimum atomic E-state index is -4.75. The molecular weight excluding hydrogens is 504 g/mol. The number of aromatic nitrogens is 1. The van der Waals surface area contributed by atoms with E-state index in [0.29, 0.717) is 4.90 Å². The highest BCUT2D eigenvalue weighted by Gasteiger charge is 2.48. The van der Waals surface area contributed by atoms with E-state index >= 15 is 0 Å². The molecule has 0 radical (unpaired) electrons. The summed E-state index contributed by atoms with van der Waals surface area (Å²) in [7, 11) is 0. The van der Waals surface area contributed by atoms with Crippen LogP contribution in [0.5, 0.6) is 5.88 Å². The number of halogens is 4. The molecule has 5 rings (SSSR count). The molecule has 0 bridgehead atoms. The second kappa shape index (κ2) is 9.78. The first-order valence-corrected chi connectivity index (χ1v) is 11.7. The van der Waals surface area contributed by atoms with Crippen LogP contribution in [0.4, 0.5) is 23.2 Å². The van der Waals surface area contributed by atoms with E-state index in [1.165, 1.54) is 42.6 Å². The first-order valence-electron chi connectivity index (χ1n) is 11.7. The SMILES string of the molecule is N#Cc1cc(NC(=O)[C@H]2c3ccccc3C(=O)N(CC(F)(F)F)C2c2ccc(OC3CC3)nc2)ccc1F. The fourth-order valence-corrected chi connectivity index (χ4v) is 4.52. The number of alkyl halides is 3. The van der Waals surface area contributed by atoms with E-state index in [2.05, 4.69) is 10.3 Å². The summed E-state index contributed by atoms with van der Waals surface area (Å²) in [5.74, 6) is -3.39. The van der Waals surface area contributed by atoms with Crippen LogP contribution in [0.2, 0.25) is 0 Å². The number of anilines is 1. The van der Waals surface area contributed by atoms with Crippen molar-refractivity contribution in [2.24, 2.45) is 0 Å². The molecule has 7 nitrogen and oxygen atoms in total. The monoisotopic (exact) mass is 524 g/mol. The van der Waals surface area contributed by atoms with Crippen LogP contribution >= 0.6 is 0 Å². The highest BCUT2D eigenvalue weighted by molar-refractivity contribution is 6.04. The molecule has 194 valence electrons. The van der Waals surface area contributed by atoms with Crippen LogP contribution < -0.4 is 10.1 Å². The van der Waals surface area contributed by atoms with Gasteiger partial charge in [0.05, 0.1) is 17.5 Å². The number of hydrogen-bond acceptors (Lipinski definition) is 5. The summed E-state index contributed by atoms with van der Waals surface area (Å²) in [4.78, 5) is 31.8. The lowest BCUT2D eigenvalue weighted by atomic mass is 9.79. The van der Waals surface area contributed by atoms with E-state index in [0.717, 1.165) is 25.0 Å². The van der Waals surface area contributed by atoms with Gasteiger partial charge in [0.25, 0.3) is 5.91 Å². The zero-order chi connectivity index (χ0) is 27.0. The van der Waals surface area contributed by atoms with Crippen molar-refractivity contribution in [2.45, 2.75) is 37.1 Å². The topological polar surface area (TPSA) is 95.3 Å². The number of hydrogen-bond donors (Lipinski definition) is 1. The third-order valence-corrected chi connectivity index (χ3v) is 6.34. The molecule has 1 N–H and O–H groups in total. The van der Waals surface area contributed by atoms with Gasteiger partial charge in [-0.3, -0.25) is 9.59 Å². The summed E-state index contributed by atoms with van der Waals surface area (Å²) in [5, 5.41) is 11.7. The Labute approximate surface area is 214 Å². The van der Waals surface area contributed by atoms with Crippen LogP contribution in [0.15, 0.2) is 60.8 Å². The fraction of sp³-hybridized carbons (Fsp3) is 0.259. The molecule has 11 heteroatoms. The summed E-state index contributed by atoms with van der Waals surface area (Å²) in [6.45, 7) is -1.59. The van der Waals surface area contributed by atoms with Crippen molar-refractivity contribution in [3.8, 4) is 11.9 Å². The number of nitrogens with zero attached hydrogens (tertiary/aromatic N) is 3. The van der Waals surface area contributed by atoms with E-state index in [-0.39, 0.29) is 39.9 Å². The summed E-state index contributed by atoms with van der Waals surface area (Å²) in [5.41, 5.74) is 0.172. The molecule has 1 saturated carbocycles. The van der Waals surface area contributed by atoms with Gasteiger partial charge in [-0.05, 0) is 48.2 Å². The lowest BCUT2D eigenvalue weighted by molar-refractivity contribution is -0.148. The maximum Gasteiger partial charge on any atom is 0.406 e.